The van der Waals surface area contributed by atoms with Crippen LogP contribution in [0.2, 0.25) is 0 Å². The quantitative estimate of drug-likeness (QED) is 0.690. The molecule has 1 unspecified atom stereocenters. The van der Waals surface area contributed by atoms with Gasteiger partial charge >= 0.3 is 0 Å². The van der Waals surface area contributed by atoms with Gasteiger partial charge in [-0.25, -0.2) is 0 Å². The van der Waals surface area contributed by atoms with Crippen LogP contribution in [-0.2, 0) is 16.0 Å². The number of carbonyl (C=O) groups is 1. The minimum Gasteiger partial charge on any atom is -0.465 e. The molecule has 104 valence electrons. The summed E-state index contributed by atoms with van der Waals surface area (Å²) in [6.45, 7) is 2.26. The van der Waals surface area contributed by atoms with Gasteiger partial charge in [-0.15, -0.1) is 0 Å². The average molecular weight is 263 g/mol. The summed E-state index contributed by atoms with van der Waals surface area (Å²) >= 11 is 0. The van der Waals surface area contributed by atoms with E-state index in [-0.39, 0.29) is 18.1 Å². The van der Waals surface area contributed by atoms with E-state index in [1.165, 1.54) is 5.56 Å². The summed E-state index contributed by atoms with van der Waals surface area (Å²) in [4.78, 5) is 10.6. The Labute approximate surface area is 113 Å². The first-order valence-electron chi connectivity index (χ1n) is 6.73. The molecular weight excluding hydrogens is 242 g/mol. The molecule has 4 heteroatoms. The lowest BCUT2D eigenvalue weighted by atomic mass is 9.77. The summed E-state index contributed by atoms with van der Waals surface area (Å²) in [7, 11) is 0. The van der Waals surface area contributed by atoms with Crippen LogP contribution in [0.1, 0.15) is 18.4 Å². The van der Waals surface area contributed by atoms with Crippen molar-refractivity contribution in [1.29, 1.82) is 0 Å². The third kappa shape index (κ3) is 3.78. The number of benzene rings is 1. The van der Waals surface area contributed by atoms with Crippen LogP contribution in [0.3, 0.4) is 0 Å². The summed E-state index contributed by atoms with van der Waals surface area (Å²) < 4.78 is 5.18. The first-order chi connectivity index (χ1) is 9.28. The van der Waals surface area contributed by atoms with Gasteiger partial charge in [0.05, 0.1) is 6.61 Å². The summed E-state index contributed by atoms with van der Waals surface area (Å²) in [5.41, 5.74) is 1.14. The number of ether oxygens (including phenoxy) is 1. The minimum atomic E-state index is -0.119. The lowest BCUT2D eigenvalue weighted by molar-refractivity contribution is -0.136. The number of aliphatic hydroxyl groups excluding tert-OH is 1. The van der Waals surface area contributed by atoms with E-state index in [2.05, 4.69) is 17.4 Å². The van der Waals surface area contributed by atoms with E-state index in [0.29, 0.717) is 6.47 Å². The van der Waals surface area contributed by atoms with Gasteiger partial charge in [0.1, 0.15) is 6.10 Å². The van der Waals surface area contributed by atoms with Crippen LogP contribution in [0.5, 0.6) is 0 Å². The number of hydrogen-bond donors (Lipinski definition) is 2. The van der Waals surface area contributed by atoms with Crippen molar-refractivity contribution in [3.05, 3.63) is 35.9 Å². The zero-order valence-electron chi connectivity index (χ0n) is 11.0. The molecule has 4 nitrogen and oxygen atoms in total. The molecule has 19 heavy (non-hydrogen) atoms. The lowest BCUT2D eigenvalue weighted by Gasteiger charge is -2.42. The monoisotopic (exact) mass is 263 g/mol. The van der Waals surface area contributed by atoms with Gasteiger partial charge < -0.3 is 15.2 Å². The summed E-state index contributed by atoms with van der Waals surface area (Å²) in [6, 6.07) is 10.2. The minimum absolute atomic E-state index is 0.107. The van der Waals surface area contributed by atoms with E-state index >= 15 is 0 Å². The standard InChI is InChI=1S/C15H21NO3/c17-11-15(9-16-10-15)8-14(19-12-18)7-6-13-4-2-1-3-5-13/h1-5,12,14,16-17H,6-11H2. The maximum atomic E-state index is 10.6. The van der Waals surface area contributed by atoms with Crippen molar-refractivity contribution >= 4 is 6.47 Å². The second-order valence-corrected chi connectivity index (χ2v) is 5.34. The van der Waals surface area contributed by atoms with Crippen molar-refractivity contribution in [2.24, 2.45) is 5.41 Å². The Hall–Kier alpha value is -1.39. The molecule has 0 amide bonds. The number of carbonyl (C=O) groups excluding carboxylic acids is 1. The molecule has 1 atom stereocenters. The van der Waals surface area contributed by atoms with Crippen molar-refractivity contribution < 1.29 is 14.6 Å². The van der Waals surface area contributed by atoms with Gasteiger partial charge in [-0.3, -0.25) is 4.79 Å². The van der Waals surface area contributed by atoms with Gasteiger partial charge in [-0.2, -0.15) is 0 Å². The van der Waals surface area contributed by atoms with Crippen LogP contribution >= 0.6 is 0 Å². The molecule has 1 fully saturated rings. The number of nitrogens with one attached hydrogen (secondary N) is 1. The second kappa shape index (κ2) is 6.68. The molecule has 0 radical (unpaired) electrons. The number of rotatable bonds is 8. The highest BCUT2D eigenvalue weighted by Gasteiger charge is 2.38. The molecule has 0 aliphatic carbocycles. The van der Waals surface area contributed by atoms with Gasteiger partial charge in [0.15, 0.2) is 0 Å². The van der Waals surface area contributed by atoms with Crippen molar-refractivity contribution in [3.63, 3.8) is 0 Å². The van der Waals surface area contributed by atoms with Crippen molar-refractivity contribution in [2.75, 3.05) is 19.7 Å². The predicted molar refractivity (Wildman–Crippen MR) is 72.7 cm³/mol. The van der Waals surface area contributed by atoms with Gasteiger partial charge in [0, 0.05) is 18.5 Å². The Balaban J connectivity index is 1.87. The van der Waals surface area contributed by atoms with E-state index < -0.39 is 0 Å². The maximum Gasteiger partial charge on any atom is 0.293 e. The SMILES string of the molecule is O=COC(CCc1ccccc1)CC1(CO)CNC1. The Morgan fingerprint density at radius 2 is 2.11 bits per heavy atom. The molecule has 0 bridgehead atoms. The van der Waals surface area contributed by atoms with Crippen LogP contribution < -0.4 is 5.32 Å². The molecule has 2 rings (SSSR count). The van der Waals surface area contributed by atoms with E-state index in [9.17, 15) is 9.90 Å². The molecule has 1 aliphatic rings. The van der Waals surface area contributed by atoms with Crippen LogP contribution in [0.4, 0.5) is 0 Å². The fraction of sp³-hybridized carbons (Fsp3) is 0.533. The van der Waals surface area contributed by atoms with Gasteiger partial charge in [-0.05, 0) is 24.8 Å². The Bertz CT molecular complexity index is 384. The van der Waals surface area contributed by atoms with Crippen molar-refractivity contribution in [1.82, 2.24) is 5.32 Å². The molecule has 1 aromatic rings. The molecule has 1 saturated heterocycles. The number of aliphatic hydroxyl groups is 1. The molecule has 1 aliphatic heterocycles. The van der Waals surface area contributed by atoms with Crippen LogP contribution in [0.25, 0.3) is 0 Å². The molecule has 1 aromatic carbocycles. The Kier molecular flexibility index (Phi) is 4.93. The molecule has 0 aromatic heterocycles. The third-order valence-electron chi connectivity index (χ3n) is 3.84. The maximum absolute atomic E-state index is 10.6. The fourth-order valence-electron chi connectivity index (χ4n) is 2.55. The molecule has 1 heterocycles. The molecule has 0 spiro atoms. The Morgan fingerprint density at radius 1 is 1.37 bits per heavy atom. The smallest absolute Gasteiger partial charge is 0.293 e. The zero-order chi connectivity index (χ0) is 13.6. The second-order valence-electron chi connectivity index (χ2n) is 5.34. The topological polar surface area (TPSA) is 58.6 Å². The summed E-state index contributed by atoms with van der Waals surface area (Å²) in [5.74, 6) is 0. The van der Waals surface area contributed by atoms with Crippen LogP contribution in [0, 0.1) is 5.41 Å². The van der Waals surface area contributed by atoms with Crippen LogP contribution in [0.15, 0.2) is 30.3 Å². The van der Waals surface area contributed by atoms with Crippen molar-refractivity contribution in [3.8, 4) is 0 Å². The first kappa shape index (κ1) is 14.0. The first-order valence-corrected chi connectivity index (χ1v) is 6.73. The number of hydrogen-bond acceptors (Lipinski definition) is 4. The highest BCUT2D eigenvalue weighted by Crippen LogP contribution is 2.30. The largest absolute Gasteiger partial charge is 0.465 e. The van der Waals surface area contributed by atoms with E-state index in [0.717, 1.165) is 32.4 Å². The van der Waals surface area contributed by atoms with Crippen molar-refractivity contribution in [2.45, 2.75) is 25.4 Å². The predicted octanol–water partition coefficient (Wildman–Crippen LogP) is 1.13. The summed E-state index contributed by atoms with van der Waals surface area (Å²) in [6.07, 6.45) is 2.29. The number of aryl methyl sites for hydroxylation is 1. The molecular formula is C15H21NO3. The lowest BCUT2D eigenvalue weighted by Crippen LogP contribution is -2.57. The van der Waals surface area contributed by atoms with E-state index in [4.69, 9.17) is 4.74 Å². The highest BCUT2D eigenvalue weighted by molar-refractivity contribution is 5.37. The fourth-order valence-corrected chi connectivity index (χ4v) is 2.55. The third-order valence-corrected chi connectivity index (χ3v) is 3.84. The average Bonchev–Trinajstić information content (AvgIpc) is 2.41. The van der Waals surface area contributed by atoms with Crippen LogP contribution in [-0.4, -0.2) is 37.4 Å². The molecule has 2 N–H and O–H groups in total. The van der Waals surface area contributed by atoms with E-state index in [1.807, 2.05) is 18.2 Å². The summed E-state index contributed by atoms with van der Waals surface area (Å²) in [5, 5.41) is 12.6. The van der Waals surface area contributed by atoms with E-state index in [1.54, 1.807) is 0 Å². The zero-order valence-corrected chi connectivity index (χ0v) is 11.0. The highest BCUT2D eigenvalue weighted by atomic mass is 16.5. The van der Waals surface area contributed by atoms with Gasteiger partial charge in [0.2, 0.25) is 0 Å². The normalized spacial score (nSPS) is 18.4. The molecule has 0 saturated carbocycles. The van der Waals surface area contributed by atoms with Gasteiger partial charge in [-0.1, -0.05) is 30.3 Å². The Morgan fingerprint density at radius 3 is 2.63 bits per heavy atom. The van der Waals surface area contributed by atoms with Gasteiger partial charge in [0.25, 0.3) is 6.47 Å².